The molecule has 1 amide bonds. The van der Waals surface area contributed by atoms with E-state index in [4.69, 9.17) is 5.73 Å². The molecule has 7 heteroatoms. The molecule has 0 aliphatic heterocycles. The van der Waals surface area contributed by atoms with Crippen LogP contribution in [0.4, 0.5) is 11.5 Å². The van der Waals surface area contributed by atoms with Gasteiger partial charge >= 0.3 is 0 Å². The number of anilines is 2. The van der Waals surface area contributed by atoms with Crippen LogP contribution < -0.4 is 11.1 Å². The van der Waals surface area contributed by atoms with Gasteiger partial charge in [0.15, 0.2) is 5.82 Å². The first-order valence-electron chi connectivity index (χ1n) is 8.15. The van der Waals surface area contributed by atoms with Crippen molar-refractivity contribution >= 4 is 28.8 Å². The summed E-state index contributed by atoms with van der Waals surface area (Å²) in [4.78, 5) is 10.9. The van der Waals surface area contributed by atoms with Crippen LogP contribution in [0.1, 0.15) is 5.56 Å². The molecule has 4 N–H and O–H groups in total. The predicted molar refractivity (Wildman–Crippen MR) is 103 cm³/mol. The average Bonchev–Trinajstić information content (AvgIpc) is 3.23. The highest BCUT2D eigenvalue weighted by atomic mass is 16.1. The molecule has 0 radical (unpaired) electrons. The summed E-state index contributed by atoms with van der Waals surface area (Å²) in [5.74, 6) is 0.451. The number of aromatic amines is 1. The van der Waals surface area contributed by atoms with E-state index >= 15 is 0 Å². The smallest absolute Gasteiger partial charge is 0.211 e. The third kappa shape index (κ3) is 2.50. The van der Waals surface area contributed by atoms with Crippen molar-refractivity contribution in [3.05, 3.63) is 48.3 Å². The van der Waals surface area contributed by atoms with Gasteiger partial charge < -0.3 is 11.1 Å². The summed E-state index contributed by atoms with van der Waals surface area (Å²) in [6.45, 7) is 1.98. The quantitative estimate of drug-likeness (QED) is 0.494. The van der Waals surface area contributed by atoms with Crippen molar-refractivity contribution in [2.75, 3.05) is 11.1 Å². The van der Waals surface area contributed by atoms with Gasteiger partial charge in [-0.25, -0.2) is 0 Å². The van der Waals surface area contributed by atoms with Crippen LogP contribution in [0.25, 0.3) is 33.2 Å². The number of carbonyl (C=O) groups is 1. The number of fused-ring (bicyclic) bond motifs is 1. The lowest BCUT2D eigenvalue weighted by Gasteiger charge is -2.12. The minimum absolute atomic E-state index is 0.451. The monoisotopic (exact) mass is 346 g/mol. The zero-order valence-corrected chi connectivity index (χ0v) is 14.4. The van der Waals surface area contributed by atoms with Crippen LogP contribution in [0.15, 0.2) is 42.7 Å². The Bertz CT molecular complexity index is 1120. The molecule has 2 aromatic carbocycles. The van der Waals surface area contributed by atoms with Gasteiger partial charge in [-0.3, -0.25) is 14.6 Å². The fraction of sp³-hybridized carbons (Fsp3) is 0.105. The zero-order valence-electron chi connectivity index (χ0n) is 14.4. The number of hydrogen-bond acceptors (Lipinski definition) is 4. The lowest BCUT2D eigenvalue weighted by Crippen LogP contribution is -1.97. The number of H-pyrrole nitrogens is 1. The second-order valence-corrected chi connectivity index (χ2v) is 6.20. The lowest BCUT2D eigenvalue weighted by atomic mass is 9.94. The Morgan fingerprint density at radius 2 is 2.08 bits per heavy atom. The number of nitrogens with zero attached hydrogens (tertiary/aromatic N) is 3. The van der Waals surface area contributed by atoms with Gasteiger partial charge in [-0.1, -0.05) is 12.1 Å². The maximum atomic E-state index is 10.9. The van der Waals surface area contributed by atoms with E-state index in [0.717, 1.165) is 44.4 Å². The molecule has 0 bridgehead atoms. The first kappa shape index (κ1) is 15.9. The van der Waals surface area contributed by atoms with E-state index in [2.05, 4.69) is 26.7 Å². The Morgan fingerprint density at radius 3 is 2.81 bits per heavy atom. The summed E-state index contributed by atoms with van der Waals surface area (Å²) < 4.78 is 1.76. The van der Waals surface area contributed by atoms with Crippen LogP contribution in [-0.2, 0) is 11.8 Å². The maximum Gasteiger partial charge on any atom is 0.211 e. The van der Waals surface area contributed by atoms with E-state index in [1.54, 1.807) is 4.68 Å². The van der Waals surface area contributed by atoms with Crippen molar-refractivity contribution in [2.24, 2.45) is 7.05 Å². The standard InChI is InChI=1S/C19H18N6O/c1-11-14(4-3-5-17(11)21-10-26)12-6-15(13-8-22-25(2)9-13)18-16(7-12)19(20)24-23-18/h3-10H,1-2H3,(H,21,26)(H3,20,23,24). The van der Waals surface area contributed by atoms with Crippen LogP contribution in [-0.4, -0.2) is 26.4 Å². The number of benzene rings is 2. The lowest BCUT2D eigenvalue weighted by molar-refractivity contribution is -0.105. The second kappa shape index (κ2) is 6.03. The SMILES string of the molecule is Cc1c(NC=O)cccc1-c1cc(-c2cnn(C)c2)c2[nH]nc(N)c2c1. The molecule has 4 rings (SSSR count). The highest BCUT2D eigenvalue weighted by molar-refractivity contribution is 6.02. The number of amides is 1. The van der Waals surface area contributed by atoms with Gasteiger partial charge in [0.1, 0.15) is 0 Å². The third-order valence-electron chi connectivity index (χ3n) is 4.58. The summed E-state index contributed by atoms with van der Waals surface area (Å²) in [5.41, 5.74) is 12.7. The number of aryl methyl sites for hydroxylation is 1. The van der Waals surface area contributed by atoms with Crippen LogP contribution in [0.3, 0.4) is 0 Å². The van der Waals surface area contributed by atoms with E-state index < -0.39 is 0 Å². The average molecular weight is 346 g/mol. The Morgan fingerprint density at radius 1 is 1.23 bits per heavy atom. The summed E-state index contributed by atoms with van der Waals surface area (Å²) in [6, 6.07) is 9.92. The topological polar surface area (TPSA) is 102 Å². The summed E-state index contributed by atoms with van der Waals surface area (Å²) in [5, 5.41) is 15.0. The molecule has 4 aromatic rings. The van der Waals surface area contributed by atoms with Gasteiger partial charge in [0, 0.05) is 35.4 Å². The van der Waals surface area contributed by atoms with Crippen molar-refractivity contribution in [3.8, 4) is 22.3 Å². The molecule has 26 heavy (non-hydrogen) atoms. The van der Waals surface area contributed by atoms with Crippen LogP contribution in [0, 0.1) is 6.92 Å². The third-order valence-corrected chi connectivity index (χ3v) is 4.58. The van der Waals surface area contributed by atoms with Crippen molar-refractivity contribution in [3.63, 3.8) is 0 Å². The van der Waals surface area contributed by atoms with E-state index in [0.29, 0.717) is 12.2 Å². The molecular formula is C19H18N6O. The first-order chi connectivity index (χ1) is 12.6. The van der Waals surface area contributed by atoms with Gasteiger partial charge in [0.05, 0.1) is 11.7 Å². The van der Waals surface area contributed by atoms with Crippen LogP contribution >= 0.6 is 0 Å². The van der Waals surface area contributed by atoms with E-state index in [9.17, 15) is 4.79 Å². The minimum Gasteiger partial charge on any atom is -0.382 e. The molecule has 7 nitrogen and oxygen atoms in total. The van der Waals surface area contributed by atoms with Gasteiger partial charge in [0.2, 0.25) is 6.41 Å². The fourth-order valence-corrected chi connectivity index (χ4v) is 3.25. The van der Waals surface area contributed by atoms with Crippen LogP contribution in [0.2, 0.25) is 0 Å². The van der Waals surface area contributed by atoms with Gasteiger partial charge in [-0.15, -0.1) is 0 Å². The van der Waals surface area contributed by atoms with Gasteiger partial charge in [-0.2, -0.15) is 10.2 Å². The molecule has 0 saturated carbocycles. The Kier molecular flexibility index (Phi) is 3.69. The molecule has 0 aliphatic carbocycles. The number of hydrogen-bond donors (Lipinski definition) is 3. The Hall–Kier alpha value is -3.61. The number of rotatable bonds is 4. The number of aromatic nitrogens is 4. The Balaban J connectivity index is 1.99. The molecule has 2 heterocycles. The predicted octanol–water partition coefficient (Wildman–Crippen LogP) is 3.09. The summed E-state index contributed by atoms with van der Waals surface area (Å²) in [6.07, 6.45) is 4.45. The van der Waals surface area contributed by atoms with Gasteiger partial charge in [-0.05, 0) is 41.8 Å². The van der Waals surface area contributed by atoms with Crippen molar-refractivity contribution in [2.45, 2.75) is 6.92 Å². The number of nitrogens with one attached hydrogen (secondary N) is 2. The van der Waals surface area contributed by atoms with Crippen LogP contribution in [0.5, 0.6) is 0 Å². The molecule has 2 aromatic heterocycles. The van der Waals surface area contributed by atoms with Crippen molar-refractivity contribution in [1.82, 2.24) is 20.0 Å². The normalized spacial score (nSPS) is 11.0. The maximum absolute atomic E-state index is 10.9. The number of nitrogens with two attached hydrogens (primary N) is 1. The molecule has 0 fully saturated rings. The number of carbonyl (C=O) groups excluding carboxylic acids is 1. The minimum atomic E-state index is 0.451. The Labute approximate surface area is 149 Å². The van der Waals surface area contributed by atoms with Gasteiger partial charge in [0.25, 0.3) is 0 Å². The van der Waals surface area contributed by atoms with E-state index in [1.807, 2.05) is 50.6 Å². The molecule has 0 aliphatic rings. The highest BCUT2D eigenvalue weighted by Gasteiger charge is 2.15. The summed E-state index contributed by atoms with van der Waals surface area (Å²) >= 11 is 0. The summed E-state index contributed by atoms with van der Waals surface area (Å²) in [7, 11) is 1.88. The first-order valence-corrected chi connectivity index (χ1v) is 8.15. The number of nitrogen functional groups attached to an aromatic ring is 1. The van der Waals surface area contributed by atoms with Crippen molar-refractivity contribution in [1.29, 1.82) is 0 Å². The second-order valence-electron chi connectivity index (χ2n) is 6.20. The fourth-order valence-electron chi connectivity index (χ4n) is 3.25. The zero-order chi connectivity index (χ0) is 18.3. The molecule has 0 spiro atoms. The molecule has 0 atom stereocenters. The molecule has 0 saturated heterocycles. The molecule has 130 valence electrons. The largest absolute Gasteiger partial charge is 0.382 e. The molecular weight excluding hydrogens is 328 g/mol. The van der Waals surface area contributed by atoms with E-state index in [-0.39, 0.29) is 0 Å². The van der Waals surface area contributed by atoms with E-state index in [1.165, 1.54) is 0 Å². The van der Waals surface area contributed by atoms with Crippen molar-refractivity contribution < 1.29 is 4.79 Å². The molecule has 0 unspecified atom stereocenters. The highest BCUT2D eigenvalue weighted by Crippen LogP contribution is 2.37.